The number of nitrogens with zero attached hydrogens (tertiary/aromatic N) is 1. The minimum atomic E-state index is -0.839. The number of carbonyl (C=O) groups excluding carboxylic acids is 1. The van der Waals surface area contributed by atoms with E-state index < -0.39 is 35.2 Å². The highest BCUT2D eigenvalue weighted by molar-refractivity contribution is 5.89. The third-order valence-corrected chi connectivity index (χ3v) is 6.33. The van der Waals surface area contributed by atoms with Gasteiger partial charge in [0.15, 0.2) is 0 Å². The summed E-state index contributed by atoms with van der Waals surface area (Å²) in [6.45, 7) is 7.34. The van der Waals surface area contributed by atoms with Crippen LogP contribution in [0, 0.1) is 30.2 Å². The molecule has 0 unspecified atom stereocenters. The first kappa shape index (κ1) is 27.6. The van der Waals surface area contributed by atoms with E-state index in [1.165, 1.54) is 42.6 Å². The highest BCUT2D eigenvalue weighted by Gasteiger charge is 2.23. The lowest BCUT2D eigenvalue weighted by atomic mass is 9.93. The molecule has 4 aromatic rings. The van der Waals surface area contributed by atoms with Crippen molar-refractivity contribution in [3.8, 4) is 0 Å². The van der Waals surface area contributed by atoms with Crippen molar-refractivity contribution < 1.29 is 22.4 Å². The zero-order valence-electron chi connectivity index (χ0n) is 21.5. The quantitative estimate of drug-likeness (QED) is 0.136. The minimum absolute atomic E-state index is 0.00713. The molecular weight excluding hydrogens is 506 g/mol. The molecule has 0 saturated carbocycles. The highest BCUT2D eigenvalue weighted by atomic mass is 19.1. The molecule has 2 N–H and O–H groups in total. The van der Waals surface area contributed by atoms with Gasteiger partial charge in [0.25, 0.3) is 0 Å². The predicted octanol–water partition coefficient (Wildman–Crippen LogP) is 6.99. The van der Waals surface area contributed by atoms with Gasteiger partial charge >= 0.3 is 0 Å². The Hall–Kier alpha value is -4.46. The van der Waals surface area contributed by atoms with Gasteiger partial charge in [-0.25, -0.2) is 17.6 Å². The molecule has 0 spiro atoms. The van der Waals surface area contributed by atoms with E-state index in [0.717, 1.165) is 6.07 Å². The number of amides is 1. The van der Waals surface area contributed by atoms with Gasteiger partial charge in [0.05, 0.1) is 18.2 Å². The monoisotopic (exact) mass is 533 g/mol. The number of carbonyl (C=O) groups is 1. The molecule has 4 nitrogen and oxygen atoms in total. The van der Waals surface area contributed by atoms with Crippen molar-refractivity contribution in [2.24, 2.45) is 4.99 Å². The Labute approximate surface area is 223 Å². The lowest BCUT2D eigenvalue weighted by molar-refractivity contribution is -0.120. The summed E-state index contributed by atoms with van der Waals surface area (Å²) >= 11 is 0. The lowest BCUT2D eigenvalue weighted by Crippen LogP contribution is -2.39. The second-order valence-electron chi connectivity index (χ2n) is 9.13. The molecule has 3 aromatic carbocycles. The van der Waals surface area contributed by atoms with E-state index in [9.17, 15) is 22.4 Å². The smallest absolute Gasteiger partial charge is 0.225 e. The first-order valence-electron chi connectivity index (χ1n) is 12.3. The molecule has 1 aromatic heterocycles. The topological polar surface area (TPSA) is 57.2 Å². The molecule has 0 bridgehead atoms. The fourth-order valence-corrected chi connectivity index (χ4v) is 4.66. The summed E-state index contributed by atoms with van der Waals surface area (Å²) in [5.41, 5.74) is 3.74. The molecule has 0 fully saturated rings. The molecule has 0 saturated heterocycles. The number of aryl methyl sites for hydroxylation is 1. The minimum Gasteiger partial charge on any atom is -0.361 e. The van der Waals surface area contributed by atoms with Crippen LogP contribution in [0.3, 0.4) is 0 Å². The molecule has 39 heavy (non-hydrogen) atoms. The van der Waals surface area contributed by atoms with E-state index in [4.69, 9.17) is 0 Å². The summed E-state index contributed by atoms with van der Waals surface area (Å²) < 4.78 is 55.8. The Morgan fingerprint density at radius 2 is 1.69 bits per heavy atom. The molecule has 0 aliphatic carbocycles. The Kier molecular flexibility index (Phi) is 8.44. The average Bonchev–Trinajstić information content (AvgIpc) is 3.25. The van der Waals surface area contributed by atoms with Crippen LogP contribution in [0.1, 0.15) is 29.2 Å². The van der Waals surface area contributed by atoms with Crippen LogP contribution in [-0.2, 0) is 17.6 Å². The number of halogens is 4. The van der Waals surface area contributed by atoms with E-state index in [-0.39, 0.29) is 12.8 Å². The normalized spacial score (nSPS) is 13.0. The van der Waals surface area contributed by atoms with Crippen molar-refractivity contribution in [3.63, 3.8) is 0 Å². The fraction of sp³-hybridized carbons (Fsp3) is 0.161. The van der Waals surface area contributed by atoms with E-state index in [0.29, 0.717) is 44.4 Å². The van der Waals surface area contributed by atoms with Gasteiger partial charge in [0.1, 0.15) is 23.3 Å². The molecule has 1 amide bonds. The van der Waals surface area contributed by atoms with Crippen molar-refractivity contribution >= 4 is 28.6 Å². The first-order chi connectivity index (χ1) is 18.7. The van der Waals surface area contributed by atoms with Crippen molar-refractivity contribution in [3.05, 3.63) is 125 Å². The Morgan fingerprint density at radius 1 is 1.00 bits per heavy atom. The Morgan fingerprint density at radius 3 is 2.36 bits per heavy atom. The number of hydrogen-bond acceptors (Lipinski definition) is 2. The summed E-state index contributed by atoms with van der Waals surface area (Å²) in [7, 11) is 0. The largest absolute Gasteiger partial charge is 0.361 e. The molecule has 1 atom stereocenters. The summed E-state index contributed by atoms with van der Waals surface area (Å²) in [4.78, 5) is 20.9. The Balaban J connectivity index is 1.77. The molecule has 200 valence electrons. The lowest BCUT2D eigenvalue weighted by Gasteiger charge is -2.23. The number of aromatic amines is 1. The van der Waals surface area contributed by atoms with Crippen molar-refractivity contribution in [2.75, 3.05) is 0 Å². The fourth-order valence-electron chi connectivity index (χ4n) is 4.66. The number of rotatable bonds is 9. The highest BCUT2D eigenvalue weighted by Crippen LogP contribution is 2.28. The maximum absolute atomic E-state index is 14.0. The second kappa shape index (κ2) is 11.9. The van der Waals surface area contributed by atoms with Crippen LogP contribution in [0.15, 0.2) is 84.1 Å². The number of hydrogen-bond donors (Lipinski definition) is 2. The summed E-state index contributed by atoms with van der Waals surface area (Å²) in [5.74, 6) is -2.75. The first-order valence-corrected chi connectivity index (χ1v) is 12.3. The van der Waals surface area contributed by atoms with Crippen LogP contribution in [0.5, 0.6) is 0 Å². The van der Waals surface area contributed by atoms with Crippen molar-refractivity contribution in [2.45, 2.75) is 32.7 Å². The van der Waals surface area contributed by atoms with Crippen LogP contribution >= 0.6 is 0 Å². The number of aliphatic imine (C=N–C) groups is 1. The van der Waals surface area contributed by atoms with E-state index >= 15 is 0 Å². The summed E-state index contributed by atoms with van der Waals surface area (Å²) in [6.07, 6.45) is 4.65. The number of aromatic nitrogens is 1. The third-order valence-electron chi connectivity index (χ3n) is 6.33. The van der Waals surface area contributed by atoms with Gasteiger partial charge in [-0.1, -0.05) is 18.7 Å². The number of fused-ring (bicyclic) bond motifs is 1. The van der Waals surface area contributed by atoms with E-state index in [1.807, 2.05) is 0 Å². The van der Waals surface area contributed by atoms with Crippen LogP contribution < -0.4 is 5.32 Å². The molecular formula is C31H27F4N3O. The number of benzene rings is 3. The van der Waals surface area contributed by atoms with Crippen LogP contribution in [0.25, 0.3) is 16.5 Å². The Bertz CT molecular complexity index is 1580. The third kappa shape index (κ3) is 6.52. The predicted molar refractivity (Wildman–Crippen MR) is 146 cm³/mol. The number of nitrogens with one attached hydrogen (secondary N) is 2. The van der Waals surface area contributed by atoms with Crippen LogP contribution in [0.4, 0.5) is 17.6 Å². The van der Waals surface area contributed by atoms with Gasteiger partial charge in [0, 0.05) is 35.0 Å². The van der Waals surface area contributed by atoms with Gasteiger partial charge in [0.2, 0.25) is 5.91 Å². The average molecular weight is 534 g/mol. The van der Waals surface area contributed by atoms with E-state index in [1.54, 1.807) is 38.3 Å². The maximum Gasteiger partial charge on any atom is 0.225 e. The summed E-state index contributed by atoms with van der Waals surface area (Å²) in [6, 6.07) is 10.8. The van der Waals surface area contributed by atoms with Gasteiger partial charge < -0.3 is 10.3 Å². The SMILES string of the molecule is C=C/C(=C(\N=C/C)[C@H](Cc1cc(F)cc(F)c1)NC(=O)Cc1c[nH]c2ccc(F)cc12)c1ccc(F)cc1C. The van der Waals surface area contributed by atoms with Crippen LogP contribution in [0.2, 0.25) is 0 Å². The molecule has 0 radical (unpaired) electrons. The van der Waals surface area contributed by atoms with Gasteiger partial charge in [-0.05, 0) is 85.0 Å². The van der Waals surface area contributed by atoms with Crippen LogP contribution in [-0.4, -0.2) is 23.1 Å². The molecule has 8 heteroatoms. The van der Waals surface area contributed by atoms with Gasteiger partial charge in [-0.2, -0.15) is 0 Å². The van der Waals surface area contributed by atoms with Gasteiger partial charge in [-0.3, -0.25) is 9.79 Å². The second-order valence-corrected chi connectivity index (χ2v) is 9.13. The van der Waals surface area contributed by atoms with Crippen molar-refractivity contribution in [1.29, 1.82) is 0 Å². The molecule has 4 rings (SSSR count). The van der Waals surface area contributed by atoms with Crippen molar-refractivity contribution in [1.82, 2.24) is 10.3 Å². The molecule has 0 aliphatic rings. The number of allylic oxidation sites excluding steroid dienone is 2. The maximum atomic E-state index is 14.0. The molecule has 1 heterocycles. The molecule has 0 aliphatic heterocycles. The van der Waals surface area contributed by atoms with Gasteiger partial charge in [-0.15, -0.1) is 0 Å². The zero-order chi connectivity index (χ0) is 28.1. The zero-order valence-corrected chi connectivity index (χ0v) is 21.5. The summed E-state index contributed by atoms with van der Waals surface area (Å²) in [5, 5.41) is 3.51. The van der Waals surface area contributed by atoms with E-state index in [2.05, 4.69) is 21.9 Å². The standard InChI is InChI=1S/C31H27F4N3O/c1-4-25(26-8-6-21(32)10-18(26)3)31(36-5-2)29(13-19-11-23(34)15-24(35)12-19)38-30(39)14-20-17-37-28-9-7-22(33)16-27(20)28/h4-12,15-17,29,37H,1,13-14H2,2-3H3,(H,38,39)/b31-25+,36-5-/t29-/m0/s1. The number of H-pyrrole nitrogens is 1.